The lowest BCUT2D eigenvalue weighted by atomic mass is 10.4. The van der Waals surface area contributed by atoms with Crippen LogP contribution >= 0.6 is 23.2 Å². The summed E-state index contributed by atoms with van der Waals surface area (Å²) in [4.78, 5) is 4.06. The van der Waals surface area contributed by atoms with Crippen LogP contribution in [0.2, 0.25) is 10.0 Å². The van der Waals surface area contributed by atoms with E-state index in [4.69, 9.17) is 28.9 Å². The number of nitrogen functional groups attached to an aromatic ring is 1. The predicted molar refractivity (Wildman–Crippen MR) is 55.3 cm³/mol. The van der Waals surface area contributed by atoms with Crippen molar-refractivity contribution in [3.05, 3.63) is 16.1 Å². The van der Waals surface area contributed by atoms with Crippen molar-refractivity contribution >= 4 is 34.8 Å². The molecular formula is C8H9Cl2N3. The molecule has 0 aliphatic heterocycles. The number of halogens is 2. The lowest BCUT2D eigenvalue weighted by Gasteiger charge is -2.07. The lowest BCUT2D eigenvalue weighted by molar-refractivity contribution is 1.12. The van der Waals surface area contributed by atoms with Gasteiger partial charge in [-0.25, -0.2) is 4.98 Å². The fourth-order valence-corrected chi connectivity index (χ4v) is 1.42. The zero-order valence-corrected chi connectivity index (χ0v) is 8.36. The highest BCUT2D eigenvalue weighted by Crippen LogP contribution is 2.31. The third-order valence-electron chi connectivity index (χ3n) is 1.87. The fourth-order valence-electron chi connectivity index (χ4n) is 1.00. The van der Waals surface area contributed by atoms with Crippen molar-refractivity contribution in [2.24, 2.45) is 0 Å². The summed E-state index contributed by atoms with van der Waals surface area (Å²) in [6, 6.07) is 2.11. The summed E-state index contributed by atoms with van der Waals surface area (Å²) in [5.74, 6) is 0.945. The van der Waals surface area contributed by atoms with E-state index in [-0.39, 0.29) is 0 Å². The molecule has 2 rings (SSSR count). The van der Waals surface area contributed by atoms with Crippen LogP contribution in [0.5, 0.6) is 0 Å². The maximum absolute atomic E-state index is 5.91. The zero-order valence-electron chi connectivity index (χ0n) is 6.85. The van der Waals surface area contributed by atoms with Crippen molar-refractivity contribution in [3.8, 4) is 0 Å². The maximum atomic E-state index is 5.91. The minimum absolute atomic E-state index is 0.314. The molecule has 70 valence electrons. The van der Waals surface area contributed by atoms with Gasteiger partial charge in [0, 0.05) is 6.04 Å². The molecule has 1 aliphatic rings. The maximum Gasteiger partial charge on any atom is 0.147 e. The van der Waals surface area contributed by atoms with E-state index in [1.807, 2.05) is 0 Å². The van der Waals surface area contributed by atoms with Gasteiger partial charge in [0.25, 0.3) is 0 Å². The van der Waals surface area contributed by atoms with Crippen LogP contribution in [0.3, 0.4) is 0 Å². The Kier molecular flexibility index (Phi) is 2.22. The van der Waals surface area contributed by atoms with E-state index < -0.39 is 0 Å². The molecule has 3 nitrogen and oxygen atoms in total. The van der Waals surface area contributed by atoms with Crippen molar-refractivity contribution in [1.82, 2.24) is 4.98 Å². The quantitative estimate of drug-likeness (QED) is 0.801. The average Bonchev–Trinajstić information content (AvgIpc) is 2.84. The van der Waals surface area contributed by atoms with Gasteiger partial charge in [0.1, 0.15) is 11.6 Å². The van der Waals surface area contributed by atoms with Gasteiger partial charge in [-0.1, -0.05) is 23.2 Å². The van der Waals surface area contributed by atoms with Crippen LogP contribution in [-0.4, -0.2) is 11.0 Å². The van der Waals surface area contributed by atoms with Crippen LogP contribution in [0, 0.1) is 0 Å². The molecule has 1 aromatic heterocycles. The van der Waals surface area contributed by atoms with Crippen molar-refractivity contribution < 1.29 is 0 Å². The number of rotatable bonds is 2. The summed E-state index contributed by atoms with van der Waals surface area (Å²) < 4.78 is 0. The fraction of sp³-hybridized carbons (Fsp3) is 0.375. The zero-order chi connectivity index (χ0) is 9.42. The van der Waals surface area contributed by atoms with E-state index in [1.165, 1.54) is 12.8 Å². The molecule has 0 unspecified atom stereocenters. The largest absolute Gasteiger partial charge is 0.382 e. The topological polar surface area (TPSA) is 50.9 Å². The molecule has 0 aromatic carbocycles. The Hall–Kier alpha value is -0.670. The van der Waals surface area contributed by atoms with Gasteiger partial charge in [-0.15, -0.1) is 0 Å². The van der Waals surface area contributed by atoms with Gasteiger partial charge in [0.2, 0.25) is 0 Å². The molecule has 3 N–H and O–H groups in total. The Morgan fingerprint density at radius 3 is 2.69 bits per heavy atom. The number of hydrogen-bond donors (Lipinski definition) is 2. The molecule has 0 atom stereocenters. The van der Waals surface area contributed by atoms with Gasteiger partial charge in [-0.3, -0.25) is 0 Å². The van der Waals surface area contributed by atoms with Gasteiger partial charge in [0.05, 0.1) is 10.0 Å². The Morgan fingerprint density at radius 1 is 1.38 bits per heavy atom. The number of aromatic nitrogens is 1. The van der Waals surface area contributed by atoms with Crippen LogP contribution in [0.4, 0.5) is 11.6 Å². The first-order valence-electron chi connectivity index (χ1n) is 4.05. The second-order valence-corrected chi connectivity index (χ2v) is 3.92. The summed E-state index contributed by atoms with van der Waals surface area (Å²) in [7, 11) is 0. The molecule has 1 aliphatic carbocycles. The van der Waals surface area contributed by atoms with Gasteiger partial charge in [0.15, 0.2) is 0 Å². The highest BCUT2D eigenvalue weighted by atomic mass is 35.5. The third-order valence-corrected chi connectivity index (χ3v) is 2.47. The second kappa shape index (κ2) is 3.24. The molecule has 0 saturated heterocycles. The summed E-state index contributed by atoms with van der Waals surface area (Å²) in [5.41, 5.74) is 5.54. The van der Waals surface area contributed by atoms with Crippen LogP contribution in [-0.2, 0) is 0 Å². The standard InChI is InChI=1S/C8H9Cl2N3/c9-5-3-6(10)8(13-7(5)11)12-4-1-2-4/h3-4H,1-2H2,(H3,11,12,13). The van der Waals surface area contributed by atoms with E-state index in [0.29, 0.717) is 27.7 Å². The summed E-state index contributed by atoms with van der Waals surface area (Å²) in [6.45, 7) is 0. The van der Waals surface area contributed by atoms with Gasteiger partial charge >= 0.3 is 0 Å². The smallest absolute Gasteiger partial charge is 0.147 e. The Morgan fingerprint density at radius 2 is 2.08 bits per heavy atom. The first-order chi connectivity index (χ1) is 6.16. The van der Waals surface area contributed by atoms with Crippen LogP contribution in [0.25, 0.3) is 0 Å². The van der Waals surface area contributed by atoms with E-state index in [0.717, 1.165) is 0 Å². The molecule has 1 aromatic rings. The molecule has 1 heterocycles. The van der Waals surface area contributed by atoms with Gasteiger partial charge in [-0.2, -0.15) is 0 Å². The highest BCUT2D eigenvalue weighted by molar-refractivity contribution is 6.37. The SMILES string of the molecule is Nc1nc(NC2CC2)c(Cl)cc1Cl. The third kappa shape index (κ3) is 1.98. The van der Waals surface area contributed by atoms with Crippen molar-refractivity contribution in [1.29, 1.82) is 0 Å². The minimum Gasteiger partial charge on any atom is -0.382 e. The first-order valence-corrected chi connectivity index (χ1v) is 4.80. The normalized spacial score (nSPS) is 15.8. The van der Waals surface area contributed by atoms with E-state index >= 15 is 0 Å². The highest BCUT2D eigenvalue weighted by Gasteiger charge is 2.22. The molecular weight excluding hydrogens is 209 g/mol. The van der Waals surface area contributed by atoms with E-state index in [9.17, 15) is 0 Å². The summed E-state index contributed by atoms with van der Waals surface area (Å²) in [6.07, 6.45) is 2.33. The Bertz CT molecular complexity index is 336. The monoisotopic (exact) mass is 217 g/mol. The van der Waals surface area contributed by atoms with Crippen molar-refractivity contribution in [2.45, 2.75) is 18.9 Å². The molecule has 1 saturated carbocycles. The molecule has 0 spiro atoms. The minimum atomic E-state index is 0.314. The van der Waals surface area contributed by atoms with Gasteiger partial charge < -0.3 is 11.1 Å². The van der Waals surface area contributed by atoms with Crippen molar-refractivity contribution in [2.75, 3.05) is 11.1 Å². The number of hydrogen-bond acceptors (Lipinski definition) is 3. The average molecular weight is 218 g/mol. The lowest BCUT2D eigenvalue weighted by Crippen LogP contribution is -2.05. The van der Waals surface area contributed by atoms with Crippen LogP contribution < -0.4 is 11.1 Å². The van der Waals surface area contributed by atoms with E-state index in [1.54, 1.807) is 6.07 Å². The number of nitrogens with zero attached hydrogens (tertiary/aromatic N) is 1. The van der Waals surface area contributed by atoms with Crippen LogP contribution in [0.1, 0.15) is 12.8 Å². The van der Waals surface area contributed by atoms with Crippen molar-refractivity contribution in [3.63, 3.8) is 0 Å². The van der Waals surface area contributed by atoms with Crippen LogP contribution in [0.15, 0.2) is 6.07 Å². The molecule has 5 heteroatoms. The molecule has 0 radical (unpaired) electrons. The first kappa shape index (κ1) is 8.91. The molecule has 0 amide bonds. The number of anilines is 2. The number of nitrogens with two attached hydrogens (primary N) is 1. The number of nitrogens with one attached hydrogen (secondary N) is 1. The Labute approximate surface area is 86.2 Å². The molecule has 13 heavy (non-hydrogen) atoms. The molecule has 1 fully saturated rings. The Balaban J connectivity index is 2.27. The van der Waals surface area contributed by atoms with Gasteiger partial charge in [-0.05, 0) is 18.9 Å². The summed E-state index contributed by atoms with van der Waals surface area (Å²) >= 11 is 11.6. The van der Waals surface area contributed by atoms with E-state index in [2.05, 4.69) is 10.3 Å². The molecule has 0 bridgehead atoms. The number of pyridine rings is 1. The second-order valence-electron chi connectivity index (χ2n) is 3.10. The predicted octanol–water partition coefficient (Wildman–Crippen LogP) is 2.54. The summed E-state index contributed by atoms with van der Waals surface area (Å²) in [5, 5.41) is 4.08.